The van der Waals surface area contributed by atoms with Crippen molar-refractivity contribution in [2.45, 2.75) is 67.0 Å². The van der Waals surface area contributed by atoms with Crippen molar-refractivity contribution in [1.82, 2.24) is 14.8 Å². The molecule has 1 aliphatic carbocycles. The largest absolute Gasteiger partial charge is 0.393 e. The predicted octanol–water partition coefficient (Wildman–Crippen LogP) is 10.3. The fourth-order valence-corrected chi connectivity index (χ4v) is 11.5. The van der Waals surface area contributed by atoms with Gasteiger partial charge in [0.15, 0.2) is 0 Å². The molecule has 1 aromatic heterocycles. The first-order chi connectivity index (χ1) is 33.6. The second-order valence-electron chi connectivity index (χ2n) is 18.4. The van der Waals surface area contributed by atoms with Crippen LogP contribution in [0.15, 0.2) is 131 Å². The molecular weight excluding hydrogens is 980 g/mol. The number of halogens is 2. The Hall–Kier alpha value is -5.75. The number of amides is 1. The molecule has 6 aromatic rings. The van der Waals surface area contributed by atoms with Gasteiger partial charge in [-0.25, -0.2) is 8.42 Å². The number of rotatable bonds is 18. The van der Waals surface area contributed by atoms with Gasteiger partial charge in [-0.1, -0.05) is 54.1 Å². The molecular formula is C53H62Cl2N8O6S2. The Morgan fingerprint density at radius 1 is 0.859 bits per heavy atom. The summed E-state index contributed by atoms with van der Waals surface area (Å²) in [4.78, 5) is 33.6. The number of sulfonamides is 1. The van der Waals surface area contributed by atoms with E-state index in [0.29, 0.717) is 48.0 Å². The normalized spacial score (nSPS) is 16.5. The summed E-state index contributed by atoms with van der Waals surface area (Å²) in [6, 6.07) is 37.0. The number of piperazine rings is 1. The van der Waals surface area contributed by atoms with Gasteiger partial charge in [0.25, 0.3) is 21.6 Å². The lowest BCUT2D eigenvalue weighted by molar-refractivity contribution is -0.384. The third-order valence-corrected chi connectivity index (χ3v) is 16.1. The number of nitrogens with one attached hydrogen (secondary N) is 3. The van der Waals surface area contributed by atoms with Gasteiger partial charge in [0.2, 0.25) is 0 Å². The van der Waals surface area contributed by atoms with Crippen LogP contribution in [0.25, 0.3) is 22.4 Å². The van der Waals surface area contributed by atoms with Crippen LogP contribution in [0.5, 0.6) is 0 Å². The number of nitro groups is 1. The zero-order valence-corrected chi connectivity index (χ0v) is 43.6. The number of nitro benzene ring substituents is 1. The highest BCUT2D eigenvalue weighted by Crippen LogP contribution is 2.41. The van der Waals surface area contributed by atoms with Crippen LogP contribution in [0.4, 0.5) is 28.4 Å². The maximum Gasteiger partial charge on any atom is 0.293 e. The Labute approximate surface area is 432 Å². The van der Waals surface area contributed by atoms with Crippen LogP contribution in [0.3, 0.4) is 0 Å². The zero-order valence-electron chi connectivity index (χ0n) is 40.4. The molecule has 1 atom stereocenters. The lowest BCUT2D eigenvalue weighted by atomic mass is 9.92. The van der Waals surface area contributed by atoms with E-state index in [0.717, 1.165) is 89.3 Å². The van der Waals surface area contributed by atoms with Crippen LogP contribution in [0.2, 0.25) is 5.02 Å². The number of aliphatic hydroxyl groups excluding tert-OH is 1. The zero-order chi connectivity index (χ0) is 49.5. The second-order valence-corrected chi connectivity index (χ2v) is 21.6. The molecule has 0 bridgehead atoms. The van der Waals surface area contributed by atoms with E-state index in [4.69, 9.17) is 11.6 Å². The van der Waals surface area contributed by atoms with Gasteiger partial charge in [0, 0.05) is 95.4 Å². The van der Waals surface area contributed by atoms with Crippen molar-refractivity contribution in [2.24, 2.45) is 7.05 Å². The minimum Gasteiger partial charge on any atom is -0.393 e. The molecule has 0 unspecified atom stereocenters. The Bertz CT molecular complexity index is 2890. The van der Waals surface area contributed by atoms with E-state index >= 15 is 0 Å². The summed E-state index contributed by atoms with van der Waals surface area (Å²) in [7, 11) is 1.77. The molecule has 2 aliphatic rings. The van der Waals surface area contributed by atoms with Crippen LogP contribution in [0.1, 0.15) is 48.2 Å². The van der Waals surface area contributed by atoms with Crippen LogP contribution >= 0.6 is 35.8 Å². The predicted molar refractivity (Wildman–Crippen MR) is 292 cm³/mol. The van der Waals surface area contributed by atoms with E-state index in [9.17, 15) is 28.4 Å². The summed E-state index contributed by atoms with van der Waals surface area (Å²) in [6.07, 6.45) is 3.22. The highest BCUT2D eigenvalue weighted by atomic mass is 35.5. The summed E-state index contributed by atoms with van der Waals surface area (Å²) in [5.41, 5.74) is 7.40. The van der Waals surface area contributed by atoms with Crippen molar-refractivity contribution < 1.29 is 23.2 Å². The fourth-order valence-electron chi connectivity index (χ4n) is 9.32. The van der Waals surface area contributed by atoms with Crippen molar-refractivity contribution in [3.63, 3.8) is 0 Å². The van der Waals surface area contributed by atoms with E-state index < -0.39 is 14.9 Å². The molecule has 2 heterocycles. The molecule has 1 saturated carbocycles. The molecule has 8 rings (SSSR count). The highest BCUT2D eigenvalue weighted by molar-refractivity contribution is 7.99. The average Bonchev–Trinajstić information content (AvgIpc) is 3.62. The van der Waals surface area contributed by atoms with Crippen molar-refractivity contribution in [2.75, 3.05) is 72.4 Å². The number of aromatic nitrogens is 1. The average molecular weight is 1040 g/mol. The molecule has 14 nitrogen and oxygen atoms in total. The van der Waals surface area contributed by atoms with Gasteiger partial charge >= 0.3 is 0 Å². The highest BCUT2D eigenvalue weighted by Gasteiger charge is 2.30. The van der Waals surface area contributed by atoms with Crippen molar-refractivity contribution in [1.29, 1.82) is 0 Å². The number of aliphatic hydroxyl groups is 1. The molecule has 1 amide bonds. The number of hydrogen-bond acceptors (Lipinski definition) is 11. The second kappa shape index (κ2) is 23.7. The van der Waals surface area contributed by atoms with Gasteiger partial charge in [0.1, 0.15) is 5.69 Å². The van der Waals surface area contributed by atoms with Crippen LogP contribution in [-0.4, -0.2) is 105 Å². The van der Waals surface area contributed by atoms with E-state index in [1.807, 2.05) is 101 Å². The summed E-state index contributed by atoms with van der Waals surface area (Å²) in [6.45, 7) is 5.62. The molecule has 1 aliphatic heterocycles. The van der Waals surface area contributed by atoms with Crippen molar-refractivity contribution >= 4 is 80.1 Å². The number of anilines is 4. The molecule has 376 valence electrons. The maximum atomic E-state index is 14.2. The first kappa shape index (κ1) is 53.1. The third-order valence-electron chi connectivity index (χ3n) is 13.3. The van der Waals surface area contributed by atoms with E-state index in [1.54, 1.807) is 23.9 Å². The van der Waals surface area contributed by atoms with Gasteiger partial charge < -0.3 is 35.0 Å². The lowest BCUT2D eigenvalue weighted by Crippen LogP contribution is -2.46. The monoisotopic (exact) mass is 1040 g/mol. The summed E-state index contributed by atoms with van der Waals surface area (Å²) in [5, 5.41) is 29.7. The summed E-state index contributed by atoms with van der Waals surface area (Å²) < 4.78 is 32.0. The molecule has 1 saturated heterocycles. The van der Waals surface area contributed by atoms with Gasteiger partial charge in [-0.3, -0.25) is 19.6 Å². The quantitative estimate of drug-likeness (QED) is 0.0368. The molecule has 18 heteroatoms. The van der Waals surface area contributed by atoms with Gasteiger partial charge in [-0.05, 0) is 144 Å². The Morgan fingerprint density at radius 3 is 2.17 bits per heavy atom. The van der Waals surface area contributed by atoms with Crippen molar-refractivity contribution in [3.8, 4) is 22.4 Å². The summed E-state index contributed by atoms with van der Waals surface area (Å²) >= 11 is 7.98. The van der Waals surface area contributed by atoms with Gasteiger partial charge in [-0.15, -0.1) is 24.2 Å². The van der Waals surface area contributed by atoms with Crippen LogP contribution in [-0.2, 0) is 17.1 Å². The maximum absolute atomic E-state index is 14.2. The SMILES string of the molecule is Cc1c(C(=O)NC2CCC(O)CC2)c(-c2cccc(N3CCN(c4ccc(NS(=O)(=O)c5ccc(N[C@H](CCN(C)C)CSc6ccccc6)c([N+](=O)[O-])c5)cc4)CC3)c2)c(-c2ccc(Cl)cc2)n1C.Cl. The first-order valence-electron chi connectivity index (χ1n) is 23.7. The summed E-state index contributed by atoms with van der Waals surface area (Å²) in [5.74, 6) is 0.540. The molecule has 5 aromatic carbocycles. The minimum absolute atomic E-state index is 0. The number of carbonyl (C=O) groups excluding carboxylic acids is 1. The molecule has 0 radical (unpaired) electrons. The molecule has 71 heavy (non-hydrogen) atoms. The number of thioether (sulfide) groups is 1. The number of hydrogen-bond donors (Lipinski definition) is 4. The molecule has 4 N–H and O–H groups in total. The Balaban J connectivity index is 0.00000741. The first-order valence-corrected chi connectivity index (χ1v) is 26.5. The van der Waals surface area contributed by atoms with E-state index in [1.165, 1.54) is 12.1 Å². The fraction of sp³-hybridized carbons (Fsp3) is 0.340. The minimum atomic E-state index is -4.17. The molecule has 2 fully saturated rings. The number of benzene rings is 5. The van der Waals surface area contributed by atoms with Crippen LogP contribution < -0.4 is 25.2 Å². The standard InChI is InChI=1S/C53H61ClN8O6S2.ClH/c1-36-50(53(64)56-40-19-23-45(63)24-20-40)51(52(59(36)4)37-13-15-39(54)16-14-37)38-9-8-10-44(33-38)61-31-29-60(30-32-61)43-21-17-41(18-22-43)57-70(67,68)47-25-26-48(49(34-47)62(65)66)55-42(27-28-58(2)3)35-69-46-11-6-5-7-12-46;/h5-18,21-22,25-26,33-34,40,42,45,55,57,63H,19-20,23-24,27-32,35H2,1-4H3,(H,56,64);1H/t40?,42-,45?;/m1./s1. The lowest BCUT2D eigenvalue weighted by Gasteiger charge is -2.37. The van der Waals surface area contributed by atoms with Crippen molar-refractivity contribution in [3.05, 3.63) is 148 Å². The molecule has 0 spiro atoms. The smallest absolute Gasteiger partial charge is 0.293 e. The van der Waals surface area contributed by atoms with Crippen LogP contribution in [0, 0.1) is 17.0 Å². The Kier molecular flexibility index (Phi) is 17.7. The van der Waals surface area contributed by atoms with Gasteiger partial charge in [0.05, 0.1) is 27.2 Å². The van der Waals surface area contributed by atoms with E-state index in [-0.39, 0.29) is 52.8 Å². The Morgan fingerprint density at radius 2 is 1.52 bits per heavy atom. The van der Waals surface area contributed by atoms with E-state index in [2.05, 4.69) is 52.8 Å². The topological polar surface area (TPSA) is 165 Å². The number of carbonyl (C=O) groups is 1. The van der Waals surface area contributed by atoms with Gasteiger partial charge in [-0.2, -0.15) is 0 Å². The third kappa shape index (κ3) is 13.0. The number of nitrogens with zero attached hydrogens (tertiary/aromatic N) is 5.